The van der Waals surface area contributed by atoms with Crippen LogP contribution < -0.4 is 0 Å². The number of aromatic amines is 1. The summed E-state index contributed by atoms with van der Waals surface area (Å²) in [6, 6.07) is 58.4. The van der Waals surface area contributed by atoms with Crippen LogP contribution in [0.4, 0.5) is 0 Å². The van der Waals surface area contributed by atoms with Crippen molar-refractivity contribution in [2.45, 2.75) is 13.8 Å². The Labute approximate surface area is 296 Å². The lowest BCUT2D eigenvalue weighted by atomic mass is 9.87. The Morgan fingerprint density at radius 3 is 1.78 bits per heavy atom. The molecule has 238 valence electrons. The number of aromatic nitrogens is 1. The summed E-state index contributed by atoms with van der Waals surface area (Å²) in [6.45, 7) is 4.48. The quantitative estimate of drug-likeness (QED) is 0.184. The van der Waals surface area contributed by atoms with Crippen LogP contribution in [0.25, 0.3) is 53.7 Å². The Balaban J connectivity index is 1.48. The summed E-state index contributed by atoms with van der Waals surface area (Å²) in [7, 11) is 0. The summed E-state index contributed by atoms with van der Waals surface area (Å²) in [5, 5.41) is 2.53. The average Bonchev–Trinajstić information content (AvgIpc) is 3.84. The van der Waals surface area contributed by atoms with Gasteiger partial charge in [-0.05, 0) is 59.4 Å². The molecule has 1 aliphatic rings. The Kier molecular flexibility index (Phi) is 7.49. The van der Waals surface area contributed by atoms with Gasteiger partial charge in [0.2, 0.25) is 0 Å². The largest absolute Gasteiger partial charge is 0.354 e. The molecule has 0 atom stereocenters. The van der Waals surface area contributed by atoms with Crippen LogP contribution >= 0.6 is 11.3 Å². The van der Waals surface area contributed by atoms with Gasteiger partial charge in [-0.25, -0.2) is 4.99 Å². The van der Waals surface area contributed by atoms with Gasteiger partial charge < -0.3 is 4.98 Å². The molecule has 0 spiro atoms. The van der Waals surface area contributed by atoms with Gasteiger partial charge in [-0.3, -0.25) is 0 Å². The van der Waals surface area contributed by atoms with Gasteiger partial charge in [-0.15, -0.1) is 11.3 Å². The van der Waals surface area contributed by atoms with Crippen molar-refractivity contribution >= 4 is 48.4 Å². The second-order valence-corrected chi connectivity index (χ2v) is 13.9. The molecule has 2 aromatic heterocycles. The molecule has 6 aromatic carbocycles. The van der Waals surface area contributed by atoms with E-state index in [0.717, 1.165) is 50.6 Å². The maximum absolute atomic E-state index is 5.67. The van der Waals surface area contributed by atoms with E-state index in [2.05, 4.69) is 183 Å². The maximum atomic E-state index is 5.67. The van der Waals surface area contributed by atoms with Gasteiger partial charge in [0, 0.05) is 48.1 Å². The van der Waals surface area contributed by atoms with Crippen molar-refractivity contribution in [3.63, 3.8) is 0 Å². The van der Waals surface area contributed by atoms with Crippen molar-refractivity contribution < 1.29 is 0 Å². The topological polar surface area (TPSA) is 28.1 Å². The van der Waals surface area contributed by atoms with Crippen LogP contribution in [0.3, 0.4) is 0 Å². The van der Waals surface area contributed by atoms with E-state index < -0.39 is 0 Å². The summed E-state index contributed by atoms with van der Waals surface area (Å²) >= 11 is 1.85. The first-order valence-electron chi connectivity index (χ1n) is 17.1. The molecule has 1 aliphatic heterocycles. The van der Waals surface area contributed by atoms with Crippen molar-refractivity contribution in [3.05, 3.63) is 203 Å². The van der Waals surface area contributed by atoms with Gasteiger partial charge >= 0.3 is 0 Å². The Bertz CT molecular complexity index is 2620. The normalized spacial score (nSPS) is 14.1. The van der Waals surface area contributed by atoms with Crippen LogP contribution in [-0.2, 0) is 0 Å². The van der Waals surface area contributed by atoms with Gasteiger partial charge in [0.1, 0.15) is 0 Å². The smallest absolute Gasteiger partial charge is 0.0818 e. The summed E-state index contributed by atoms with van der Waals surface area (Å²) in [4.78, 5) is 9.71. The number of benzene rings is 6. The molecule has 1 N–H and O–H groups in total. The number of nitrogens with one attached hydrogen (secondary N) is 1. The monoisotopic (exact) mass is 658 g/mol. The molecule has 50 heavy (non-hydrogen) atoms. The fourth-order valence-electron chi connectivity index (χ4n) is 7.57. The van der Waals surface area contributed by atoms with E-state index in [1.165, 1.54) is 48.0 Å². The second-order valence-electron chi connectivity index (χ2n) is 12.8. The summed E-state index contributed by atoms with van der Waals surface area (Å²) < 4.78 is 2.55. The Morgan fingerprint density at radius 1 is 0.540 bits per heavy atom. The molecule has 0 fully saturated rings. The highest BCUT2D eigenvalue weighted by Gasteiger charge is 2.31. The standard InChI is InChI=1S/C47H34N2S/c1-30-40(32-18-7-3-8-19-32)46(48-44(30)34-22-11-5-12-23-34)43(37-27-17-29-39-42(37)36-26-15-16-28-38(36)50-39)47-41(33-20-9-4-10-21-33)31(2)45(49-47)35-24-13-6-14-25-35/h3-29,48H,1-2H3/b47-43-. The van der Waals surface area contributed by atoms with Crippen LogP contribution in [0.2, 0.25) is 0 Å². The molecular weight excluding hydrogens is 625 g/mol. The van der Waals surface area contributed by atoms with Crippen molar-refractivity contribution in [3.8, 4) is 22.4 Å². The molecule has 0 bridgehead atoms. The van der Waals surface area contributed by atoms with E-state index in [1.54, 1.807) is 0 Å². The third-order valence-corrected chi connectivity index (χ3v) is 11.0. The number of nitrogens with zero attached hydrogens (tertiary/aromatic N) is 1. The highest BCUT2D eigenvalue weighted by molar-refractivity contribution is 7.25. The molecule has 0 radical (unpaired) electrons. The number of fused-ring (bicyclic) bond motifs is 3. The first kappa shape index (κ1) is 30.1. The van der Waals surface area contributed by atoms with Crippen LogP contribution in [0.15, 0.2) is 180 Å². The fraction of sp³-hybridized carbons (Fsp3) is 0.0426. The molecule has 3 heterocycles. The molecule has 0 unspecified atom stereocenters. The molecule has 0 amide bonds. The molecule has 3 heteroatoms. The zero-order valence-corrected chi connectivity index (χ0v) is 28.8. The molecule has 0 aliphatic carbocycles. The van der Waals surface area contributed by atoms with E-state index >= 15 is 0 Å². The number of allylic oxidation sites excluding steroid dienone is 2. The number of H-pyrrole nitrogens is 1. The molecule has 0 saturated carbocycles. The van der Waals surface area contributed by atoms with Crippen LogP contribution in [-0.4, -0.2) is 10.7 Å². The van der Waals surface area contributed by atoms with E-state index in [4.69, 9.17) is 4.99 Å². The minimum Gasteiger partial charge on any atom is -0.354 e. The molecule has 8 aromatic rings. The van der Waals surface area contributed by atoms with E-state index in [9.17, 15) is 0 Å². The SMILES string of the molecule is CC1=C(c2ccccc2)/C(=C(/c2[nH]c(-c3ccccc3)c(C)c2-c2ccccc2)c2cccc3sc4ccccc4c23)N=C1c1ccccc1. The minimum absolute atomic E-state index is 0.980. The molecule has 2 nitrogen and oxygen atoms in total. The van der Waals surface area contributed by atoms with Gasteiger partial charge in [0.15, 0.2) is 0 Å². The van der Waals surface area contributed by atoms with E-state index in [1.807, 2.05) is 11.3 Å². The predicted octanol–water partition coefficient (Wildman–Crippen LogP) is 12.8. The van der Waals surface area contributed by atoms with Gasteiger partial charge in [-0.2, -0.15) is 0 Å². The number of hydrogen-bond donors (Lipinski definition) is 1. The zero-order valence-electron chi connectivity index (χ0n) is 27.9. The van der Waals surface area contributed by atoms with E-state index in [0.29, 0.717) is 0 Å². The third-order valence-electron chi connectivity index (χ3n) is 9.83. The summed E-state index contributed by atoms with van der Waals surface area (Å²) in [5.74, 6) is 0. The lowest BCUT2D eigenvalue weighted by Crippen LogP contribution is -1.99. The van der Waals surface area contributed by atoms with Gasteiger partial charge in [-0.1, -0.05) is 152 Å². The molecule has 9 rings (SSSR count). The Morgan fingerprint density at radius 2 is 1.10 bits per heavy atom. The highest BCUT2D eigenvalue weighted by Crippen LogP contribution is 2.49. The maximum Gasteiger partial charge on any atom is 0.0818 e. The second kappa shape index (κ2) is 12.5. The molecular formula is C47H34N2S. The third kappa shape index (κ3) is 4.98. The van der Waals surface area contributed by atoms with Gasteiger partial charge in [0.05, 0.1) is 17.1 Å². The number of thiophene rings is 1. The number of rotatable bonds is 6. The van der Waals surface area contributed by atoms with E-state index in [-0.39, 0.29) is 0 Å². The summed E-state index contributed by atoms with van der Waals surface area (Å²) in [5.41, 5.74) is 15.8. The zero-order chi connectivity index (χ0) is 33.6. The van der Waals surface area contributed by atoms with Gasteiger partial charge in [0.25, 0.3) is 0 Å². The van der Waals surface area contributed by atoms with Crippen molar-refractivity contribution in [1.82, 2.24) is 4.98 Å². The van der Waals surface area contributed by atoms with Crippen LogP contribution in [0.1, 0.15) is 34.9 Å². The van der Waals surface area contributed by atoms with Crippen molar-refractivity contribution in [2.75, 3.05) is 0 Å². The highest BCUT2D eigenvalue weighted by atomic mass is 32.1. The predicted molar refractivity (Wildman–Crippen MR) is 214 cm³/mol. The lowest BCUT2D eigenvalue weighted by Gasteiger charge is -2.17. The average molecular weight is 659 g/mol. The fourth-order valence-corrected chi connectivity index (χ4v) is 8.70. The summed E-state index contributed by atoms with van der Waals surface area (Å²) in [6.07, 6.45) is 0. The molecule has 0 saturated heterocycles. The lowest BCUT2D eigenvalue weighted by molar-refractivity contribution is 1.31. The first-order chi connectivity index (χ1) is 24.7. The first-order valence-corrected chi connectivity index (χ1v) is 17.9. The Hall–Kier alpha value is -6.03. The van der Waals surface area contributed by atoms with Crippen molar-refractivity contribution in [1.29, 1.82) is 0 Å². The minimum atomic E-state index is 0.980. The number of hydrogen-bond acceptors (Lipinski definition) is 2. The van der Waals surface area contributed by atoms with Crippen LogP contribution in [0.5, 0.6) is 0 Å². The number of aliphatic imine (C=N–C) groups is 1. The van der Waals surface area contributed by atoms with Crippen molar-refractivity contribution in [2.24, 2.45) is 4.99 Å². The van der Waals surface area contributed by atoms with Crippen LogP contribution in [0, 0.1) is 6.92 Å².